The van der Waals surface area contributed by atoms with Gasteiger partial charge < -0.3 is 229 Å². The van der Waals surface area contributed by atoms with Gasteiger partial charge >= 0.3 is 0 Å². The molecule has 45 atom stereocenters. The second-order valence-corrected chi connectivity index (χ2v) is 25.2. The van der Waals surface area contributed by atoms with E-state index in [1.165, 1.54) is 0 Å². The number of rotatable bonds is 25. The number of hydrogen-bond donors (Lipinski definition) is 29. The van der Waals surface area contributed by atoms with E-state index in [0.717, 1.165) is 0 Å². The molecule has 0 amide bonds. The van der Waals surface area contributed by atoms with Gasteiger partial charge in [-0.1, -0.05) is 0 Å². The maximum Gasteiger partial charge on any atom is 0.187 e. The van der Waals surface area contributed by atoms with E-state index >= 15 is 0 Å². The molecule has 0 spiro atoms. The maximum atomic E-state index is 11.5. The molecule has 100 heavy (non-hydrogen) atoms. The lowest BCUT2D eigenvalue weighted by molar-refractivity contribution is -0.400. The van der Waals surface area contributed by atoms with Crippen LogP contribution in [0, 0.1) is 0 Å². The van der Waals surface area contributed by atoms with Gasteiger partial charge in [0.15, 0.2) is 56.6 Å². The van der Waals surface area contributed by atoms with E-state index in [0.29, 0.717) is 0 Å². The van der Waals surface area contributed by atoms with Crippen molar-refractivity contribution in [2.45, 2.75) is 276 Å². The molecule has 46 heteroatoms. The lowest BCUT2D eigenvalue weighted by Gasteiger charge is -2.50. The van der Waals surface area contributed by atoms with Gasteiger partial charge in [0, 0.05) is 0 Å². The molecule has 9 saturated heterocycles. The third kappa shape index (κ3) is 16.7. The van der Waals surface area contributed by atoms with E-state index < -0.39 is 336 Å². The molecule has 584 valence electrons. The summed E-state index contributed by atoms with van der Waals surface area (Å²) in [6.45, 7) is -9.29. The molecular weight excluding hydrogens is 1380 g/mol. The van der Waals surface area contributed by atoms with Gasteiger partial charge in [-0.05, 0) is 0 Å². The summed E-state index contributed by atoms with van der Waals surface area (Å²) in [4.78, 5) is 0. The predicted molar refractivity (Wildman–Crippen MR) is 297 cm³/mol. The molecule has 9 aliphatic heterocycles. The average Bonchev–Trinajstić information content (AvgIpc) is 0.779. The second-order valence-electron chi connectivity index (χ2n) is 25.2. The molecule has 0 radical (unpaired) electrons. The van der Waals surface area contributed by atoms with Gasteiger partial charge in [-0.25, -0.2) is 0 Å². The Hall–Kier alpha value is -1.84. The topological polar surface area (TPSA) is 744 Å². The van der Waals surface area contributed by atoms with E-state index in [9.17, 15) is 148 Å². The quantitative estimate of drug-likeness (QED) is 0.0404. The van der Waals surface area contributed by atoms with Gasteiger partial charge in [0.25, 0.3) is 0 Å². The van der Waals surface area contributed by atoms with Crippen molar-refractivity contribution in [3.05, 3.63) is 0 Å². The third-order valence-corrected chi connectivity index (χ3v) is 18.8. The molecule has 29 N–H and O–H groups in total. The van der Waals surface area contributed by atoms with Gasteiger partial charge in [-0.3, -0.25) is 0 Å². The van der Waals surface area contributed by atoms with Crippen LogP contribution in [0.3, 0.4) is 0 Å². The van der Waals surface area contributed by atoms with Crippen molar-refractivity contribution in [1.29, 1.82) is 0 Å². The summed E-state index contributed by atoms with van der Waals surface area (Å²) < 4.78 is 94.9. The fourth-order valence-electron chi connectivity index (χ4n) is 13.0. The van der Waals surface area contributed by atoms with Crippen molar-refractivity contribution in [1.82, 2.24) is 0 Å². The van der Waals surface area contributed by atoms with Crippen molar-refractivity contribution in [3.63, 3.8) is 0 Å². The highest BCUT2D eigenvalue weighted by atomic mass is 16.8. The van der Waals surface area contributed by atoms with Crippen molar-refractivity contribution in [2.75, 3.05) is 59.5 Å². The summed E-state index contributed by atoms with van der Waals surface area (Å²) in [6.07, 6.45) is -89.5. The number of aliphatic hydroxyl groups is 29. The van der Waals surface area contributed by atoms with Crippen LogP contribution in [0.2, 0.25) is 0 Å². The minimum atomic E-state index is -2.30. The fraction of sp³-hybridized carbons (Fsp3) is 1.00. The maximum absolute atomic E-state index is 11.5. The Morgan fingerprint density at radius 3 is 0.460 bits per heavy atom. The van der Waals surface area contributed by atoms with Gasteiger partial charge in [0.2, 0.25) is 0 Å². The first-order valence-corrected chi connectivity index (χ1v) is 31.7. The molecule has 0 saturated carbocycles. The molecule has 0 aromatic carbocycles. The standard InChI is InChI=1S/C54H92O46/c55-1-10-19(64)20(65)30(75)47(85-10)94-39-12(3-57)87-49(32(77)22(39)67)96-41-14(5-59)89-51(34(79)24(41)69)98-43-16(7-61)91-53(36(81)26(43)71)100-45-18(9-63)92-54(37(82)28(45)73)99-44-17(8-62)90-52(35(80)27(44)72)97-42-15(6-60)88-50(33(78)25(42)70)95-40-13(4-58)86-48(31(76)23(40)68)93-38-11(2-56)84-46(83)29(74)21(38)66/h10-83H,1-9H2/t10-,11+,12-,13+,14-,15+,16-,17+,18+,19-,20-,21-,22+,23-,24+,25-,26+,27-,28-,29-,30+,31-,32+,33-,34+,35-,36+,37-,38-,39-,40-,41-,42+,43-,44+,45+,46+,47-,48-,49-,50+,51-,52+,53-,54+/m0/s1. The molecule has 0 bridgehead atoms. The van der Waals surface area contributed by atoms with Crippen LogP contribution in [0.15, 0.2) is 0 Å². The summed E-state index contributed by atoms with van der Waals surface area (Å²) >= 11 is 0. The summed E-state index contributed by atoms with van der Waals surface area (Å²) in [5, 5.41) is 311. The zero-order chi connectivity index (χ0) is 73.4. The summed E-state index contributed by atoms with van der Waals surface area (Å²) in [5.41, 5.74) is 0. The Bertz CT molecular complexity index is 2440. The van der Waals surface area contributed by atoms with Crippen molar-refractivity contribution >= 4 is 0 Å². The van der Waals surface area contributed by atoms with Crippen LogP contribution in [-0.2, 0) is 80.5 Å². The molecule has 0 unspecified atom stereocenters. The Morgan fingerprint density at radius 2 is 0.290 bits per heavy atom. The summed E-state index contributed by atoms with van der Waals surface area (Å²) in [5.74, 6) is 0. The van der Waals surface area contributed by atoms with Crippen LogP contribution in [0.5, 0.6) is 0 Å². The highest BCUT2D eigenvalue weighted by molar-refractivity contribution is 5.02. The molecule has 46 nitrogen and oxygen atoms in total. The van der Waals surface area contributed by atoms with Gasteiger partial charge in [0.1, 0.15) is 220 Å². The predicted octanol–water partition coefficient (Wildman–Crippen LogP) is -20.6. The van der Waals surface area contributed by atoms with Crippen LogP contribution in [0.4, 0.5) is 0 Å². The number of ether oxygens (including phenoxy) is 17. The first kappa shape index (κ1) is 82.2. The zero-order valence-electron chi connectivity index (χ0n) is 52.3. The van der Waals surface area contributed by atoms with Crippen LogP contribution < -0.4 is 0 Å². The van der Waals surface area contributed by atoms with Crippen LogP contribution >= 0.6 is 0 Å². The van der Waals surface area contributed by atoms with Crippen molar-refractivity contribution in [3.8, 4) is 0 Å². The molecule has 0 aromatic heterocycles. The zero-order valence-corrected chi connectivity index (χ0v) is 52.3. The van der Waals surface area contributed by atoms with Crippen LogP contribution in [-0.4, -0.2) is 484 Å². The minimum absolute atomic E-state index is 0.862. The molecular formula is C54H92O46. The Labute approximate surface area is 563 Å². The molecule has 9 heterocycles. The molecule has 9 fully saturated rings. The van der Waals surface area contributed by atoms with Crippen molar-refractivity contribution in [2.24, 2.45) is 0 Å². The Balaban J connectivity index is 0.771. The highest BCUT2D eigenvalue weighted by Crippen LogP contribution is 2.40. The van der Waals surface area contributed by atoms with E-state index in [4.69, 9.17) is 80.5 Å². The molecule has 9 aliphatic rings. The monoisotopic (exact) mass is 1480 g/mol. The van der Waals surface area contributed by atoms with E-state index in [1.54, 1.807) is 0 Å². The Kier molecular flexibility index (Phi) is 29.2. The molecule has 0 aromatic rings. The molecule has 9 rings (SSSR count). The fourth-order valence-corrected chi connectivity index (χ4v) is 13.0. The Morgan fingerprint density at radius 1 is 0.150 bits per heavy atom. The lowest BCUT2D eigenvalue weighted by atomic mass is 9.95. The van der Waals surface area contributed by atoms with E-state index in [-0.39, 0.29) is 0 Å². The van der Waals surface area contributed by atoms with Crippen molar-refractivity contribution < 1.29 is 229 Å². The van der Waals surface area contributed by atoms with E-state index in [1.807, 2.05) is 0 Å². The smallest absolute Gasteiger partial charge is 0.187 e. The number of aliphatic hydroxyl groups excluding tert-OH is 29. The SMILES string of the molecule is OC[C@@H]1O[C@@H](O[C@@H]2[C@H](O)[C@@H](O)[C@H](O[C@@H]3[C@H](O)[C@@H](O)[C@H](O[C@@H]4[C@H](O)[C@@H](O)[C@H](O[C@H]5[C@@H](O)[C@H](O)[C@@H](O[C@H]6[C@@H](O)[C@H](O)[C@@H](O[C@H]7[C@@H](O)[C@H](O)[C@@H](O[C@@H]8[C@@H](O)[C@H](O)[C@H](O[C@@H]9[C@@H](O)[C@H](O)[C@H](O)O[C@@H]9CO)O[C@@H]8CO)O[C@@H]7CO)O[C@@H]6CO)O[C@@H]5CO)O[C@H]4CO)O[C@H]3CO)O[C@H]2CO)[C@H](O)[C@@H](O)[C@H]1O. The first-order valence-electron chi connectivity index (χ1n) is 31.7. The van der Waals surface area contributed by atoms with Gasteiger partial charge in [0.05, 0.1) is 59.5 Å². The normalized spacial score (nSPS) is 53.7. The summed E-state index contributed by atoms with van der Waals surface area (Å²) in [6, 6.07) is 0. The number of hydrogen-bond acceptors (Lipinski definition) is 46. The van der Waals surface area contributed by atoms with Crippen LogP contribution in [0.1, 0.15) is 0 Å². The lowest BCUT2D eigenvalue weighted by Crippen LogP contribution is -2.68. The van der Waals surface area contributed by atoms with Crippen LogP contribution in [0.25, 0.3) is 0 Å². The van der Waals surface area contributed by atoms with Gasteiger partial charge in [-0.15, -0.1) is 0 Å². The van der Waals surface area contributed by atoms with Gasteiger partial charge in [-0.2, -0.15) is 0 Å². The first-order chi connectivity index (χ1) is 47.5. The highest BCUT2D eigenvalue weighted by Gasteiger charge is 2.60. The summed E-state index contributed by atoms with van der Waals surface area (Å²) in [7, 11) is 0. The average molecular weight is 1480 g/mol. The minimum Gasteiger partial charge on any atom is -0.394 e. The second kappa shape index (κ2) is 35.5. The molecule has 0 aliphatic carbocycles. The third-order valence-electron chi connectivity index (χ3n) is 18.8. The van der Waals surface area contributed by atoms with E-state index in [2.05, 4.69) is 0 Å². The largest absolute Gasteiger partial charge is 0.394 e.